The molecule has 95 heavy (non-hydrogen) atoms. The topological polar surface area (TPSA) is 25.3 Å². The molecule has 0 amide bonds. The molecule has 2 nitrogen and oxygen atoms in total. The van der Waals surface area contributed by atoms with Crippen molar-refractivity contribution < 1.29 is 19.1 Å². The van der Waals surface area contributed by atoms with E-state index in [0.29, 0.717) is 0 Å². The molecule has 0 aliphatic carbocycles. The van der Waals surface area contributed by atoms with Crippen LogP contribution in [-0.4, -0.2) is 4.70 Å². The predicted octanol–water partition coefficient (Wildman–Crippen LogP) is 33.7. The van der Waals surface area contributed by atoms with Crippen LogP contribution in [0.1, 0.15) is 488 Å². The van der Waals surface area contributed by atoms with E-state index in [0.717, 1.165) is 37.1 Å². The maximum atomic E-state index is 12.0. The Bertz CT molecular complexity index is 1960. The van der Waals surface area contributed by atoms with Gasteiger partial charge < -0.3 is 5.53 Å². The van der Waals surface area contributed by atoms with E-state index >= 15 is 0 Å². The molecular formula is C92H166N2Ni. The average molecular weight is 1360 g/mol. The van der Waals surface area contributed by atoms with Gasteiger partial charge in [-0.15, -0.1) is 0 Å². The van der Waals surface area contributed by atoms with Crippen molar-refractivity contribution in [2.45, 2.75) is 489 Å². The molecule has 3 rings (SSSR count). The van der Waals surface area contributed by atoms with E-state index in [9.17, 15) is 5.53 Å². The van der Waals surface area contributed by atoms with Crippen molar-refractivity contribution in [2.24, 2.45) is 0 Å². The summed E-state index contributed by atoms with van der Waals surface area (Å²) < 4.78 is 1.58. The molecule has 2 aromatic rings. The smallest absolute Gasteiger partial charge is 0.0654 e. The summed E-state index contributed by atoms with van der Waals surface area (Å²) in [4.78, 5) is 0. The standard InChI is InChI=1S/C38H56N2.2C27H55.Ni/c1-5-9-13-15-16-18-28-36-35(27-17-14-10-6-2)37(33-25-19-23-31(29-33)21-11-7-3)40(39)38(36)34-26-20-24-32(30-34)22-12-8-4;2*1-3-5-7-9-11-13-15-17-19-21-23-25-27-26-24-22-20-18-16-14-12-10-8-6-4-2;/h19-20,23-26,29-30H,5-18,21-22,27-28H2,1-4H3;2*1,3-27H2,2H3;. The Kier molecular flexibility index (Phi) is 66.1. The molecule has 0 fully saturated rings. The molecule has 1 aliphatic heterocycles. The van der Waals surface area contributed by atoms with Crippen LogP contribution in [0.5, 0.6) is 0 Å². The number of rotatable bonds is 72. The van der Waals surface area contributed by atoms with E-state index in [1.807, 2.05) is 0 Å². The fourth-order valence-electron chi connectivity index (χ4n) is 14.8. The second-order valence-corrected chi connectivity index (χ2v) is 31.8. The minimum Gasteiger partial charge on any atom is -0.0654 e. The van der Waals surface area contributed by atoms with E-state index in [-0.39, 0.29) is 0 Å². The average Bonchev–Trinajstić information content (AvgIpc) is 1.61. The van der Waals surface area contributed by atoms with Crippen LogP contribution in [0.15, 0.2) is 59.7 Å². The van der Waals surface area contributed by atoms with Gasteiger partial charge in [0.05, 0.1) is 0 Å². The quantitative estimate of drug-likeness (QED) is 0.0358. The normalized spacial score (nSPS) is 12.5. The molecule has 0 N–H and O–H groups in total. The predicted molar refractivity (Wildman–Crippen MR) is 426 cm³/mol. The first-order chi connectivity index (χ1) is 47.1. The van der Waals surface area contributed by atoms with Crippen molar-refractivity contribution in [3.63, 3.8) is 0 Å². The fraction of sp³-hybridized carbons (Fsp3) is 0.826. The number of allylic oxidation sites excluding steroid dienone is 2. The molecule has 3 heteroatoms. The molecule has 0 saturated carbocycles. The van der Waals surface area contributed by atoms with Crippen molar-refractivity contribution >= 4 is 11.4 Å². The van der Waals surface area contributed by atoms with Gasteiger partial charge in [0, 0.05) is 22.3 Å². The molecule has 1 aliphatic rings. The molecule has 0 radical (unpaired) electrons. The van der Waals surface area contributed by atoms with Gasteiger partial charge in [0.1, 0.15) is 0 Å². The Labute approximate surface area is 603 Å². The third kappa shape index (κ3) is 51.8. The van der Waals surface area contributed by atoms with Gasteiger partial charge in [0.2, 0.25) is 11.4 Å². The first-order valence-electron chi connectivity index (χ1n) is 43.6. The van der Waals surface area contributed by atoms with Gasteiger partial charge in [0.25, 0.3) is 0 Å². The minimum absolute atomic E-state index is 1.03. The summed E-state index contributed by atoms with van der Waals surface area (Å²) >= 11 is 2.05. The van der Waals surface area contributed by atoms with Crippen molar-refractivity contribution in [3.05, 3.63) is 87.5 Å². The number of unbranched alkanes of at least 4 members (excludes halogenated alkanes) is 58. The summed E-state index contributed by atoms with van der Waals surface area (Å²) in [6.45, 7) is 13.7. The zero-order valence-electron chi connectivity index (χ0n) is 65.3. The van der Waals surface area contributed by atoms with Crippen molar-refractivity contribution in [3.8, 4) is 0 Å². The Morgan fingerprint density at radius 3 is 0.663 bits per heavy atom. The van der Waals surface area contributed by atoms with Crippen LogP contribution in [0.25, 0.3) is 16.9 Å². The van der Waals surface area contributed by atoms with Gasteiger partial charge >= 0.3 is 166 Å². The van der Waals surface area contributed by atoms with Gasteiger partial charge in [0.15, 0.2) is 0 Å². The monoisotopic (exact) mass is 1360 g/mol. The third-order valence-corrected chi connectivity index (χ3v) is 22.5. The van der Waals surface area contributed by atoms with Gasteiger partial charge in [-0.3, -0.25) is 0 Å². The van der Waals surface area contributed by atoms with Crippen LogP contribution in [0.3, 0.4) is 0 Å². The van der Waals surface area contributed by atoms with Gasteiger partial charge in [-0.2, -0.15) is 0 Å². The second-order valence-electron chi connectivity index (χ2n) is 30.3. The number of hydrogen-bond donors (Lipinski definition) is 0. The van der Waals surface area contributed by atoms with Crippen molar-refractivity contribution in [2.75, 3.05) is 0 Å². The summed E-state index contributed by atoms with van der Waals surface area (Å²) in [6.07, 6.45) is 96.0. The molecule has 1 heterocycles. The van der Waals surface area contributed by atoms with Crippen molar-refractivity contribution in [1.29, 1.82) is 0 Å². The summed E-state index contributed by atoms with van der Waals surface area (Å²) in [5.74, 6) is 0. The Morgan fingerprint density at radius 1 is 0.232 bits per heavy atom. The first-order valence-corrected chi connectivity index (χ1v) is 45.0. The number of nitrogens with zero attached hydrogens (tertiary/aromatic N) is 2. The summed E-state index contributed by atoms with van der Waals surface area (Å²) in [6, 6.07) is 18.0. The first kappa shape index (κ1) is 89.1. The van der Waals surface area contributed by atoms with Crippen LogP contribution in [-0.2, 0) is 27.3 Å². The van der Waals surface area contributed by atoms with E-state index < -0.39 is 0 Å². The van der Waals surface area contributed by atoms with Crippen LogP contribution in [0, 0.1) is 0 Å². The summed E-state index contributed by atoms with van der Waals surface area (Å²) in [5, 5.41) is 2.87. The molecule has 0 atom stereocenters. The third-order valence-electron chi connectivity index (χ3n) is 21.1. The second kappa shape index (κ2) is 70.5. The number of hydrogen-bond acceptors (Lipinski definition) is 0. The molecule has 0 spiro atoms. The Morgan fingerprint density at radius 2 is 0.432 bits per heavy atom. The maximum absolute atomic E-state index is 12.0. The van der Waals surface area contributed by atoms with Gasteiger partial charge in [-0.25, -0.2) is 4.70 Å². The summed E-state index contributed by atoms with van der Waals surface area (Å²) in [5.41, 5.74) is 21.9. The minimum atomic E-state index is 1.03. The van der Waals surface area contributed by atoms with E-state index in [2.05, 4.69) is 105 Å². The fourth-order valence-corrected chi connectivity index (χ4v) is 16.0. The molecule has 0 aromatic heterocycles. The van der Waals surface area contributed by atoms with E-state index in [4.69, 9.17) is 0 Å². The van der Waals surface area contributed by atoms with E-state index in [1.54, 1.807) is 4.70 Å². The zero-order valence-corrected chi connectivity index (χ0v) is 66.3. The summed E-state index contributed by atoms with van der Waals surface area (Å²) in [7, 11) is 0. The number of benzene rings is 2. The van der Waals surface area contributed by atoms with Crippen LogP contribution in [0.4, 0.5) is 0 Å². The van der Waals surface area contributed by atoms with Crippen LogP contribution >= 0.6 is 0 Å². The molecular weight excluding hydrogens is 1190 g/mol. The Balaban J connectivity index is 0.000000676. The number of aryl methyl sites for hydroxylation is 2. The zero-order chi connectivity index (χ0) is 68.1. The molecule has 0 unspecified atom stereocenters. The Hall–Kier alpha value is -1.99. The molecule has 554 valence electrons. The van der Waals surface area contributed by atoms with Gasteiger partial charge in [-0.1, -0.05) is 310 Å². The van der Waals surface area contributed by atoms with E-state index in [1.165, 1.54) is 455 Å². The van der Waals surface area contributed by atoms with Crippen LogP contribution in [0.2, 0.25) is 10.8 Å². The van der Waals surface area contributed by atoms with Crippen LogP contribution < -0.4 is 0 Å². The van der Waals surface area contributed by atoms with Crippen molar-refractivity contribution in [1.82, 2.24) is 0 Å². The molecule has 2 aromatic carbocycles. The van der Waals surface area contributed by atoms with Gasteiger partial charge in [-0.05, 0) is 86.8 Å². The molecule has 0 saturated heterocycles. The SMILES string of the molecule is CCCCCCCCC1=C(c2cccc(CCCC)c2)[N+](=[N-])C(c2cccc(CCCC)c2)=C1CCCCCC.CCCCCCCCCCCCCCCCCCCCCCCCCC[CH2][Ni][CH2]CCCCCCCCCCCCCCCCCCCCCCCCCC. The molecule has 0 bridgehead atoms.